The van der Waals surface area contributed by atoms with Gasteiger partial charge in [-0.15, -0.1) is 0 Å². The van der Waals surface area contributed by atoms with Crippen molar-refractivity contribution in [2.24, 2.45) is 0 Å². The fraction of sp³-hybridized carbons (Fsp3) is 0.417. The lowest BCUT2D eigenvalue weighted by molar-refractivity contribution is 0.0751. The number of hydrogen-bond acceptors (Lipinski definition) is 3. The van der Waals surface area contributed by atoms with Gasteiger partial charge in [0.25, 0.3) is 5.91 Å². The summed E-state index contributed by atoms with van der Waals surface area (Å²) in [5.41, 5.74) is 9.50. The lowest BCUT2D eigenvalue weighted by atomic mass is 10.1. The van der Waals surface area contributed by atoms with Gasteiger partial charge >= 0.3 is 0 Å². The Labute approximate surface area is 106 Å². The summed E-state index contributed by atoms with van der Waals surface area (Å²) >= 11 is 5.85. The average molecular weight is 254 g/mol. The van der Waals surface area contributed by atoms with Gasteiger partial charge in [0.15, 0.2) is 0 Å². The predicted molar refractivity (Wildman–Crippen MR) is 68.8 cm³/mol. The minimum absolute atomic E-state index is 0.188. The molecule has 92 valence electrons. The number of halogens is 1. The lowest BCUT2D eigenvalue weighted by Gasteiger charge is -2.27. The molecule has 1 heterocycles. The highest BCUT2D eigenvalue weighted by Crippen LogP contribution is 2.18. The van der Waals surface area contributed by atoms with Gasteiger partial charge in [-0.05, 0) is 31.0 Å². The van der Waals surface area contributed by atoms with E-state index in [-0.39, 0.29) is 5.91 Å². The monoisotopic (exact) mass is 253 g/mol. The summed E-state index contributed by atoms with van der Waals surface area (Å²) in [5, 5.41) is 2.45. The van der Waals surface area contributed by atoms with E-state index >= 15 is 0 Å². The summed E-state index contributed by atoms with van der Waals surface area (Å²) in [6.07, 6.45) is 3.46. The van der Waals surface area contributed by atoms with Gasteiger partial charge in [0, 0.05) is 23.8 Å². The maximum Gasteiger partial charge on any atom is 0.267 e. The first kappa shape index (κ1) is 12.2. The van der Waals surface area contributed by atoms with Gasteiger partial charge in [-0.3, -0.25) is 10.2 Å². The Morgan fingerprint density at radius 3 is 2.71 bits per heavy atom. The van der Waals surface area contributed by atoms with Crippen molar-refractivity contribution in [2.45, 2.75) is 19.3 Å². The van der Waals surface area contributed by atoms with Gasteiger partial charge in [-0.25, -0.2) is 5.01 Å². The van der Waals surface area contributed by atoms with E-state index in [1.807, 2.05) is 5.01 Å². The normalized spacial score (nSPS) is 16.8. The lowest BCUT2D eigenvalue weighted by Crippen LogP contribution is -2.45. The third-order valence-corrected chi connectivity index (χ3v) is 3.11. The van der Waals surface area contributed by atoms with Gasteiger partial charge in [0.1, 0.15) is 0 Å². The molecule has 0 bridgehead atoms. The van der Waals surface area contributed by atoms with E-state index in [1.54, 1.807) is 18.2 Å². The Kier molecular flexibility index (Phi) is 3.86. The number of anilines is 1. The maximum atomic E-state index is 12.0. The molecule has 1 aromatic rings. The van der Waals surface area contributed by atoms with E-state index < -0.39 is 0 Å². The van der Waals surface area contributed by atoms with Crippen LogP contribution in [-0.2, 0) is 0 Å². The Morgan fingerprint density at radius 2 is 2.00 bits per heavy atom. The zero-order chi connectivity index (χ0) is 12.3. The molecule has 17 heavy (non-hydrogen) atoms. The largest absolute Gasteiger partial charge is 0.398 e. The van der Waals surface area contributed by atoms with E-state index in [4.69, 9.17) is 17.3 Å². The second-order valence-corrected chi connectivity index (χ2v) is 4.66. The summed E-state index contributed by atoms with van der Waals surface area (Å²) in [7, 11) is 0. The third-order valence-electron chi connectivity index (χ3n) is 2.88. The number of rotatable bonds is 2. The minimum atomic E-state index is -0.188. The van der Waals surface area contributed by atoms with Gasteiger partial charge in [-0.2, -0.15) is 0 Å². The number of nitrogens with zero attached hydrogens (tertiary/aromatic N) is 1. The highest BCUT2D eigenvalue weighted by atomic mass is 35.5. The van der Waals surface area contributed by atoms with Gasteiger partial charge in [0.05, 0.1) is 5.56 Å². The molecular formula is C12H16ClN3O. The fourth-order valence-electron chi connectivity index (χ4n) is 1.93. The van der Waals surface area contributed by atoms with Crippen LogP contribution in [0.5, 0.6) is 0 Å². The SMILES string of the molecule is Nc1ccc(Cl)cc1C(=O)NN1CCCCC1. The van der Waals surface area contributed by atoms with Crippen molar-refractivity contribution >= 4 is 23.2 Å². The fourth-order valence-corrected chi connectivity index (χ4v) is 2.11. The van der Waals surface area contributed by atoms with Crippen LogP contribution in [0.15, 0.2) is 18.2 Å². The molecule has 0 saturated carbocycles. The van der Waals surface area contributed by atoms with Crippen LogP contribution < -0.4 is 11.2 Å². The number of benzene rings is 1. The number of nitrogen functional groups attached to an aromatic ring is 1. The van der Waals surface area contributed by atoms with Gasteiger partial charge in [0.2, 0.25) is 0 Å². The van der Waals surface area contributed by atoms with Gasteiger partial charge in [-0.1, -0.05) is 18.0 Å². The number of amides is 1. The predicted octanol–water partition coefficient (Wildman–Crippen LogP) is 2.05. The third kappa shape index (κ3) is 3.11. The van der Waals surface area contributed by atoms with Crippen LogP contribution in [0.25, 0.3) is 0 Å². The summed E-state index contributed by atoms with van der Waals surface area (Å²) in [5.74, 6) is -0.188. The molecule has 0 aromatic heterocycles. The summed E-state index contributed by atoms with van der Waals surface area (Å²) in [4.78, 5) is 12.0. The van der Waals surface area contributed by atoms with Crippen LogP contribution in [0, 0.1) is 0 Å². The van der Waals surface area contributed by atoms with E-state index in [2.05, 4.69) is 5.43 Å². The molecule has 0 spiro atoms. The molecule has 1 saturated heterocycles. The second kappa shape index (κ2) is 5.38. The molecule has 1 amide bonds. The molecule has 3 N–H and O–H groups in total. The van der Waals surface area contributed by atoms with Crippen molar-refractivity contribution < 1.29 is 4.79 Å². The second-order valence-electron chi connectivity index (χ2n) is 4.22. The number of hydrogen-bond donors (Lipinski definition) is 2. The van der Waals surface area contributed by atoms with E-state index in [0.29, 0.717) is 16.3 Å². The van der Waals surface area contributed by atoms with Crippen LogP contribution in [0.1, 0.15) is 29.6 Å². The Morgan fingerprint density at radius 1 is 1.29 bits per heavy atom. The number of carbonyl (C=O) groups excluding carboxylic acids is 1. The molecular weight excluding hydrogens is 238 g/mol. The minimum Gasteiger partial charge on any atom is -0.398 e. The summed E-state index contributed by atoms with van der Waals surface area (Å²) in [6, 6.07) is 4.91. The highest BCUT2D eigenvalue weighted by Gasteiger charge is 2.15. The number of nitrogens with two attached hydrogens (primary N) is 1. The van der Waals surface area contributed by atoms with Crippen LogP contribution >= 0.6 is 11.6 Å². The number of piperidine rings is 1. The molecule has 1 aliphatic heterocycles. The topological polar surface area (TPSA) is 58.4 Å². The smallest absolute Gasteiger partial charge is 0.267 e. The molecule has 0 radical (unpaired) electrons. The van der Waals surface area contributed by atoms with Crippen LogP contribution in [0.2, 0.25) is 5.02 Å². The highest BCUT2D eigenvalue weighted by molar-refractivity contribution is 6.31. The van der Waals surface area contributed by atoms with Crippen molar-refractivity contribution in [3.63, 3.8) is 0 Å². The molecule has 1 aliphatic rings. The maximum absolute atomic E-state index is 12.0. The van der Waals surface area contributed by atoms with E-state index in [9.17, 15) is 4.79 Å². The van der Waals surface area contributed by atoms with Crippen LogP contribution in [0.3, 0.4) is 0 Å². The molecule has 1 aromatic carbocycles. The summed E-state index contributed by atoms with van der Waals surface area (Å²) < 4.78 is 0. The molecule has 1 fully saturated rings. The molecule has 0 atom stereocenters. The number of carbonyl (C=O) groups is 1. The Hall–Kier alpha value is -1.26. The average Bonchev–Trinajstić information content (AvgIpc) is 2.33. The standard InChI is InChI=1S/C12H16ClN3O/c13-9-4-5-11(14)10(8-9)12(17)15-16-6-2-1-3-7-16/h4-5,8H,1-3,6-7,14H2,(H,15,17). The first-order valence-corrected chi connectivity index (χ1v) is 6.15. The zero-order valence-corrected chi connectivity index (χ0v) is 10.3. The van der Waals surface area contributed by atoms with Crippen molar-refractivity contribution in [3.05, 3.63) is 28.8 Å². The molecule has 2 rings (SSSR count). The molecule has 4 nitrogen and oxygen atoms in total. The first-order chi connectivity index (χ1) is 8.16. The molecule has 0 unspecified atom stereocenters. The van der Waals surface area contributed by atoms with Crippen molar-refractivity contribution in [1.29, 1.82) is 0 Å². The quantitative estimate of drug-likeness (QED) is 0.794. The molecule has 0 aliphatic carbocycles. The number of hydrazine groups is 1. The molecule has 5 heteroatoms. The van der Waals surface area contributed by atoms with Crippen molar-refractivity contribution in [3.8, 4) is 0 Å². The zero-order valence-electron chi connectivity index (χ0n) is 9.58. The number of nitrogens with one attached hydrogen (secondary N) is 1. The Balaban J connectivity index is 2.05. The van der Waals surface area contributed by atoms with Crippen molar-refractivity contribution in [2.75, 3.05) is 18.8 Å². The van der Waals surface area contributed by atoms with Crippen molar-refractivity contribution in [1.82, 2.24) is 10.4 Å². The van der Waals surface area contributed by atoms with Crippen LogP contribution in [-0.4, -0.2) is 24.0 Å². The van der Waals surface area contributed by atoms with E-state index in [0.717, 1.165) is 25.9 Å². The van der Waals surface area contributed by atoms with Gasteiger partial charge < -0.3 is 5.73 Å². The Bertz CT molecular complexity index is 416. The first-order valence-electron chi connectivity index (χ1n) is 5.78. The van der Waals surface area contributed by atoms with E-state index in [1.165, 1.54) is 6.42 Å². The summed E-state index contributed by atoms with van der Waals surface area (Å²) in [6.45, 7) is 1.79. The van der Waals surface area contributed by atoms with Crippen LogP contribution in [0.4, 0.5) is 5.69 Å².